The Morgan fingerprint density at radius 1 is 1.50 bits per heavy atom. The highest BCUT2D eigenvalue weighted by molar-refractivity contribution is 5.95. The van der Waals surface area contributed by atoms with Gasteiger partial charge in [-0.3, -0.25) is 4.68 Å². The van der Waals surface area contributed by atoms with Crippen molar-refractivity contribution in [2.75, 3.05) is 19.5 Å². The minimum absolute atomic E-state index is 0.0173. The van der Waals surface area contributed by atoms with Gasteiger partial charge in [-0.15, -0.1) is 0 Å². The number of anilines is 1. The van der Waals surface area contributed by atoms with Crippen molar-refractivity contribution in [3.8, 4) is 5.75 Å². The molecule has 1 unspecified atom stereocenters. The number of methoxy groups -OCH3 is 1. The molecule has 2 N–H and O–H groups in total. The van der Waals surface area contributed by atoms with E-state index in [1.807, 2.05) is 23.0 Å². The van der Waals surface area contributed by atoms with Crippen molar-refractivity contribution in [3.63, 3.8) is 0 Å². The van der Waals surface area contributed by atoms with Crippen LogP contribution in [0.5, 0.6) is 5.75 Å². The molecule has 1 atom stereocenters. The van der Waals surface area contributed by atoms with Gasteiger partial charge >= 0.3 is 0 Å². The molecule has 0 aliphatic carbocycles. The van der Waals surface area contributed by atoms with Gasteiger partial charge in [-0.1, -0.05) is 5.16 Å². The van der Waals surface area contributed by atoms with Crippen molar-refractivity contribution >= 4 is 16.8 Å². The highest BCUT2D eigenvalue weighted by Crippen LogP contribution is 2.41. The summed E-state index contributed by atoms with van der Waals surface area (Å²) in [6.45, 7) is 1.18. The number of hydrogen-bond acceptors (Lipinski definition) is 6. The van der Waals surface area contributed by atoms with Crippen molar-refractivity contribution < 1.29 is 14.0 Å². The Balaban J connectivity index is 1.83. The van der Waals surface area contributed by atoms with Gasteiger partial charge in [0.05, 0.1) is 13.2 Å². The maximum atomic E-state index is 6.02. The summed E-state index contributed by atoms with van der Waals surface area (Å²) in [7, 11) is 1.67. The Labute approximate surface area is 126 Å². The van der Waals surface area contributed by atoms with Crippen LogP contribution < -0.4 is 10.5 Å². The van der Waals surface area contributed by atoms with Gasteiger partial charge in [0.1, 0.15) is 17.2 Å². The van der Waals surface area contributed by atoms with Crippen LogP contribution in [-0.2, 0) is 17.7 Å². The van der Waals surface area contributed by atoms with E-state index in [-0.39, 0.29) is 6.10 Å². The molecule has 0 spiro atoms. The van der Waals surface area contributed by atoms with Gasteiger partial charge in [0.2, 0.25) is 0 Å². The molecule has 0 radical (unpaired) electrons. The molecule has 114 valence electrons. The molecule has 0 fully saturated rings. The van der Waals surface area contributed by atoms with Crippen LogP contribution in [0.1, 0.15) is 11.1 Å². The number of aromatic nitrogens is 3. The Morgan fingerprint density at radius 2 is 2.41 bits per heavy atom. The third-order valence-electron chi connectivity index (χ3n) is 3.90. The second-order valence-electron chi connectivity index (χ2n) is 5.39. The fourth-order valence-corrected chi connectivity index (χ4v) is 2.96. The zero-order chi connectivity index (χ0) is 15.1. The van der Waals surface area contributed by atoms with Crippen LogP contribution in [0.4, 0.5) is 5.82 Å². The topological polar surface area (TPSA) is 88.3 Å². The second kappa shape index (κ2) is 5.03. The van der Waals surface area contributed by atoms with Gasteiger partial charge in [-0.25, -0.2) is 0 Å². The molecular weight excluding hydrogens is 284 g/mol. The van der Waals surface area contributed by atoms with E-state index in [4.69, 9.17) is 19.7 Å². The molecule has 0 saturated carbocycles. The van der Waals surface area contributed by atoms with Gasteiger partial charge in [0, 0.05) is 31.5 Å². The van der Waals surface area contributed by atoms with E-state index in [1.165, 1.54) is 0 Å². The summed E-state index contributed by atoms with van der Waals surface area (Å²) in [5.41, 5.74) is 8.78. The molecule has 22 heavy (non-hydrogen) atoms. The van der Waals surface area contributed by atoms with Gasteiger partial charge in [-0.2, -0.15) is 5.10 Å². The zero-order valence-electron chi connectivity index (χ0n) is 12.2. The summed E-state index contributed by atoms with van der Waals surface area (Å²) >= 11 is 0. The molecule has 7 heteroatoms. The number of rotatable bonds is 4. The van der Waals surface area contributed by atoms with E-state index in [0.29, 0.717) is 24.6 Å². The van der Waals surface area contributed by atoms with Crippen LogP contribution in [0.25, 0.3) is 11.0 Å². The fourth-order valence-electron chi connectivity index (χ4n) is 2.96. The summed E-state index contributed by atoms with van der Waals surface area (Å²) in [6, 6.07) is 3.87. The van der Waals surface area contributed by atoms with Gasteiger partial charge in [0.25, 0.3) is 0 Å². The first-order valence-corrected chi connectivity index (χ1v) is 7.09. The van der Waals surface area contributed by atoms with Crippen LogP contribution in [0.2, 0.25) is 0 Å². The quantitative estimate of drug-likeness (QED) is 0.787. The fraction of sp³-hybridized carbons (Fsp3) is 0.333. The SMILES string of the molecule is COCC1Cc2c(Cn3cccn3)cc3onc(N)c3c2O1. The number of nitrogens with zero attached hydrogens (tertiary/aromatic N) is 3. The van der Waals surface area contributed by atoms with Gasteiger partial charge in [0.15, 0.2) is 11.4 Å². The van der Waals surface area contributed by atoms with Crippen LogP contribution in [0.3, 0.4) is 0 Å². The Kier molecular flexibility index (Phi) is 3.00. The predicted molar refractivity (Wildman–Crippen MR) is 79.7 cm³/mol. The molecule has 7 nitrogen and oxygen atoms in total. The molecule has 4 rings (SSSR count). The van der Waals surface area contributed by atoms with Crippen molar-refractivity contribution in [1.82, 2.24) is 14.9 Å². The number of ether oxygens (including phenoxy) is 2. The van der Waals surface area contributed by atoms with E-state index in [9.17, 15) is 0 Å². The summed E-state index contributed by atoms with van der Waals surface area (Å²) in [4.78, 5) is 0. The lowest BCUT2D eigenvalue weighted by molar-refractivity contribution is 0.0959. The first-order valence-electron chi connectivity index (χ1n) is 7.09. The lowest BCUT2D eigenvalue weighted by Crippen LogP contribution is -2.19. The van der Waals surface area contributed by atoms with E-state index >= 15 is 0 Å². The molecule has 3 heterocycles. The first-order chi connectivity index (χ1) is 10.8. The maximum absolute atomic E-state index is 6.02. The van der Waals surface area contributed by atoms with Crippen molar-refractivity contribution in [1.29, 1.82) is 0 Å². The highest BCUT2D eigenvalue weighted by atomic mass is 16.5. The summed E-state index contributed by atoms with van der Waals surface area (Å²) in [5, 5.41) is 8.86. The average Bonchev–Trinajstić information content (AvgIpc) is 3.20. The summed E-state index contributed by atoms with van der Waals surface area (Å²) < 4.78 is 18.4. The molecule has 1 aromatic carbocycles. The molecular formula is C15H16N4O3. The Morgan fingerprint density at radius 3 is 3.18 bits per heavy atom. The molecule has 3 aromatic rings. The standard InChI is InChI=1S/C15H16N4O3/c1-20-8-10-6-11-9(7-19-4-2-3-17-19)5-12-13(14(11)21-10)15(16)18-22-12/h2-5,10H,6-8H2,1H3,(H2,16,18). The molecule has 0 bridgehead atoms. The van der Waals surface area contributed by atoms with E-state index in [2.05, 4.69) is 10.3 Å². The molecule has 0 saturated heterocycles. The maximum Gasteiger partial charge on any atom is 0.178 e. The molecule has 1 aliphatic rings. The summed E-state index contributed by atoms with van der Waals surface area (Å²) in [5.74, 6) is 1.12. The molecule has 0 amide bonds. The third-order valence-corrected chi connectivity index (χ3v) is 3.90. The second-order valence-corrected chi connectivity index (χ2v) is 5.39. The smallest absolute Gasteiger partial charge is 0.178 e. The van der Waals surface area contributed by atoms with Crippen LogP contribution >= 0.6 is 0 Å². The number of fused-ring (bicyclic) bond motifs is 3. The number of nitrogens with two attached hydrogens (primary N) is 1. The molecule has 1 aliphatic heterocycles. The number of hydrogen-bond donors (Lipinski definition) is 1. The van der Waals surface area contributed by atoms with Crippen molar-refractivity contribution in [2.24, 2.45) is 0 Å². The van der Waals surface area contributed by atoms with Crippen LogP contribution in [-0.4, -0.2) is 34.8 Å². The minimum Gasteiger partial charge on any atom is -0.486 e. The monoisotopic (exact) mass is 300 g/mol. The highest BCUT2D eigenvalue weighted by Gasteiger charge is 2.30. The zero-order valence-corrected chi connectivity index (χ0v) is 12.2. The number of nitrogen functional groups attached to an aromatic ring is 1. The lowest BCUT2D eigenvalue weighted by atomic mass is 10.0. The Hall–Kier alpha value is -2.54. The van der Waals surface area contributed by atoms with Crippen LogP contribution in [0.15, 0.2) is 29.0 Å². The van der Waals surface area contributed by atoms with E-state index < -0.39 is 0 Å². The first kappa shape index (κ1) is 13.1. The van der Waals surface area contributed by atoms with E-state index in [1.54, 1.807) is 13.3 Å². The van der Waals surface area contributed by atoms with Gasteiger partial charge in [-0.05, 0) is 17.7 Å². The van der Waals surface area contributed by atoms with Crippen LogP contribution in [0, 0.1) is 0 Å². The number of benzene rings is 1. The Bertz CT molecular complexity index is 810. The van der Waals surface area contributed by atoms with Gasteiger partial charge < -0.3 is 19.7 Å². The minimum atomic E-state index is -0.0173. The lowest BCUT2D eigenvalue weighted by Gasteiger charge is -2.09. The van der Waals surface area contributed by atoms with E-state index in [0.717, 1.165) is 28.7 Å². The van der Waals surface area contributed by atoms with Crippen molar-refractivity contribution in [2.45, 2.75) is 19.1 Å². The third kappa shape index (κ3) is 2.01. The predicted octanol–water partition coefficient (Wildman–Crippen LogP) is 1.60. The summed E-state index contributed by atoms with van der Waals surface area (Å²) in [6.07, 6.45) is 4.44. The van der Waals surface area contributed by atoms with Crippen molar-refractivity contribution in [3.05, 3.63) is 35.7 Å². The molecule has 2 aromatic heterocycles. The largest absolute Gasteiger partial charge is 0.486 e. The normalized spacial score (nSPS) is 16.9. The average molecular weight is 300 g/mol.